The normalized spacial score (nSPS) is 17.8. The van der Waals surface area contributed by atoms with Gasteiger partial charge < -0.3 is 24.8 Å². The van der Waals surface area contributed by atoms with Crippen molar-refractivity contribution in [3.05, 3.63) is 64.3 Å². The van der Waals surface area contributed by atoms with E-state index >= 15 is 0 Å². The van der Waals surface area contributed by atoms with Crippen molar-refractivity contribution < 1.29 is 45.3 Å². The molecule has 5 rings (SSSR count). The topological polar surface area (TPSA) is 0 Å². The van der Waals surface area contributed by atoms with E-state index < -0.39 is 0 Å². The third-order valence-corrected chi connectivity index (χ3v) is 36.9. The molecular formula is C28H40Cl2Si2Zr-4. The molecule has 33 heavy (non-hydrogen) atoms. The van der Waals surface area contributed by atoms with Crippen LogP contribution in [0.15, 0.2) is 41.5 Å². The van der Waals surface area contributed by atoms with Crippen LogP contribution >= 0.6 is 0 Å². The average molecular weight is 595 g/mol. The summed E-state index contributed by atoms with van der Waals surface area (Å²) >= 11 is 0.465. The summed E-state index contributed by atoms with van der Waals surface area (Å²) in [6.07, 6.45) is 5.52. The maximum Gasteiger partial charge on any atom is -0.0306 e. The molecule has 2 aliphatic heterocycles. The van der Waals surface area contributed by atoms with Gasteiger partial charge >= 0.3 is 55.5 Å². The Morgan fingerprint density at radius 1 is 0.909 bits per heavy atom. The summed E-state index contributed by atoms with van der Waals surface area (Å²) < 4.78 is 0. The van der Waals surface area contributed by atoms with E-state index in [0.717, 1.165) is 0 Å². The largest absolute Gasteiger partial charge is 1.00 e. The van der Waals surface area contributed by atoms with E-state index in [1.165, 1.54) is 38.6 Å². The van der Waals surface area contributed by atoms with Crippen LogP contribution in [0.25, 0.3) is 10.8 Å². The zero-order valence-corrected chi connectivity index (χ0v) is 27.7. The first kappa shape index (κ1) is 31.2. The Morgan fingerprint density at radius 2 is 1.48 bits per heavy atom. The summed E-state index contributed by atoms with van der Waals surface area (Å²) in [5.74, 6) is 1.76. The smallest absolute Gasteiger partial charge is 0.0306 e. The van der Waals surface area contributed by atoms with Crippen LogP contribution in [0, 0.1) is 18.9 Å². The van der Waals surface area contributed by atoms with Crippen molar-refractivity contribution in [3.63, 3.8) is 0 Å². The summed E-state index contributed by atoms with van der Waals surface area (Å²) in [5.41, 5.74) is 8.11. The van der Waals surface area contributed by atoms with E-state index in [9.17, 15) is 0 Å². The van der Waals surface area contributed by atoms with Crippen molar-refractivity contribution in [1.29, 1.82) is 0 Å². The molecule has 2 aromatic carbocycles. The number of allylic oxidation sites excluding steroid dienone is 4. The summed E-state index contributed by atoms with van der Waals surface area (Å²) in [5, 5.41) is 2.85. The summed E-state index contributed by atoms with van der Waals surface area (Å²) in [4.78, 5) is 0. The Labute approximate surface area is 226 Å². The first-order chi connectivity index (χ1) is 14.6. The van der Waals surface area contributed by atoms with Crippen molar-refractivity contribution in [2.45, 2.75) is 91.4 Å². The first-order valence-corrected chi connectivity index (χ1v) is 23.3. The van der Waals surface area contributed by atoms with Gasteiger partial charge in [-0.1, -0.05) is 71.6 Å². The minimum atomic E-state index is 0. The molecule has 2 aromatic rings. The molecule has 0 saturated carbocycles. The molecule has 1 unspecified atom stereocenters. The second-order valence-corrected chi connectivity index (χ2v) is 31.6. The summed E-state index contributed by atoms with van der Waals surface area (Å²) in [7, 11) is 0. The quantitative estimate of drug-likeness (QED) is 0.371. The Morgan fingerprint density at radius 3 is 1.82 bits per heavy atom. The molecule has 2 heterocycles. The van der Waals surface area contributed by atoms with Crippen LogP contribution in [0.5, 0.6) is 0 Å². The molecule has 1 aliphatic carbocycles. The molecule has 0 fully saturated rings. The molecule has 0 saturated heterocycles. The molecular weight excluding hydrogens is 555 g/mol. The number of benzene rings is 1. The third-order valence-electron chi connectivity index (χ3n) is 6.66. The predicted molar refractivity (Wildman–Crippen MR) is 139 cm³/mol. The fourth-order valence-corrected chi connectivity index (χ4v) is 47.2. The number of halogens is 2. The van der Waals surface area contributed by atoms with E-state index in [1.807, 2.05) is 0 Å². The van der Waals surface area contributed by atoms with Crippen molar-refractivity contribution in [2.24, 2.45) is 5.92 Å². The van der Waals surface area contributed by atoms with Gasteiger partial charge in [0, 0.05) is 0 Å². The molecule has 0 aromatic heterocycles. The Hall–Kier alpha value is 0.207. The fraction of sp³-hybridized carbons (Fsp3) is 0.536. The first-order valence-electron chi connectivity index (χ1n) is 12.1. The summed E-state index contributed by atoms with van der Waals surface area (Å²) in [6.45, 7) is 17.7. The van der Waals surface area contributed by atoms with Gasteiger partial charge in [0.15, 0.2) is 0 Å². The second kappa shape index (κ2) is 14.1. The number of hydrogen-bond donors (Lipinski definition) is 0. The van der Waals surface area contributed by atoms with Crippen LogP contribution in [0.1, 0.15) is 77.0 Å². The average Bonchev–Trinajstić information content (AvgIpc) is 3.47. The molecule has 0 spiro atoms. The van der Waals surface area contributed by atoms with Crippen molar-refractivity contribution in [2.75, 3.05) is 0 Å². The van der Waals surface area contributed by atoms with Gasteiger partial charge in [-0.3, -0.25) is 6.08 Å². The van der Waals surface area contributed by atoms with Gasteiger partial charge in [0.2, 0.25) is 0 Å². The number of rotatable bonds is 2. The van der Waals surface area contributed by atoms with Crippen LogP contribution in [-0.4, -0.2) is 10.9 Å². The van der Waals surface area contributed by atoms with E-state index in [4.69, 9.17) is 0 Å². The van der Waals surface area contributed by atoms with Crippen LogP contribution in [0.2, 0.25) is 24.2 Å². The molecule has 2 bridgehead atoms. The maximum absolute atomic E-state index is 3.29. The van der Waals surface area contributed by atoms with Crippen molar-refractivity contribution in [1.82, 2.24) is 0 Å². The number of fused-ring (bicyclic) bond motifs is 1. The maximum atomic E-state index is 3.29. The van der Waals surface area contributed by atoms with E-state index in [2.05, 4.69) is 91.8 Å². The minimum Gasteiger partial charge on any atom is -1.00 e. The van der Waals surface area contributed by atoms with Gasteiger partial charge in [0.25, 0.3) is 0 Å². The molecule has 182 valence electrons. The zero-order chi connectivity index (χ0) is 22.7. The van der Waals surface area contributed by atoms with Crippen LogP contribution in [0.3, 0.4) is 0 Å². The molecule has 0 radical (unpaired) electrons. The molecule has 1 atom stereocenters. The van der Waals surface area contributed by atoms with E-state index in [1.54, 1.807) is 24.2 Å². The molecule has 0 nitrogen and oxygen atoms in total. The van der Waals surface area contributed by atoms with Gasteiger partial charge in [-0.25, -0.2) is 11.1 Å². The zero-order valence-electron chi connectivity index (χ0n) is 21.7. The van der Waals surface area contributed by atoms with Crippen LogP contribution in [0.4, 0.5) is 0 Å². The predicted octanol–water partition coefficient (Wildman–Crippen LogP) is 2.53. The molecule has 0 amide bonds. The van der Waals surface area contributed by atoms with Crippen molar-refractivity contribution >= 4 is 21.6 Å². The van der Waals surface area contributed by atoms with Gasteiger partial charge in [0.05, 0.1) is 0 Å². The molecule has 5 heteroatoms. The van der Waals surface area contributed by atoms with Crippen molar-refractivity contribution in [3.8, 4) is 0 Å². The number of hydrogen-bond acceptors (Lipinski definition) is 0. The Kier molecular flexibility index (Phi) is 13.3. The summed E-state index contributed by atoms with van der Waals surface area (Å²) in [6, 6.07) is 16.5. The Bertz CT molecular complexity index is 1040. The van der Waals surface area contributed by atoms with E-state index in [-0.39, 0.29) is 24.8 Å². The second-order valence-electron chi connectivity index (χ2n) is 10.2. The van der Waals surface area contributed by atoms with Gasteiger partial charge in [0.1, 0.15) is 0 Å². The standard InChI is InChI=1S/C16H21.C8H11.C4H8Si2.2ClH.Zr/c1-10(2)13-8-14-6-12(5)7-16(14)15(9-13)11(3)4;1-6-4-7(2)8(3)5-6;1-2-6-4-3-5-1;;;/h6-11H,1-5H3;4,6H,1-3H3;1-4H2;2*1H;/q2*-1;;;;/p-2. The van der Waals surface area contributed by atoms with Gasteiger partial charge in [-0.2, -0.15) is 12.1 Å². The van der Waals surface area contributed by atoms with Gasteiger partial charge in [-0.05, 0) is 11.8 Å². The van der Waals surface area contributed by atoms with E-state index in [0.29, 0.717) is 49.1 Å². The number of aryl methyl sites for hydroxylation is 1. The molecule has 3 aliphatic rings. The Balaban J connectivity index is 0.000000269. The monoisotopic (exact) mass is 592 g/mol. The van der Waals surface area contributed by atoms with Crippen LogP contribution in [-0.2, 0) is 20.5 Å². The van der Waals surface area contributed by atoms with Crippen LogP contribution < -0.4 is 24.8 Å². The third kappa shape index (κ3) is 8.67. The fourth-order valence-electron chi connectivity index (χ4n) is 4.69. The van der Waals surface area contributed by atoms with Gasteiger partial charge in [-0.15, -0.1) is 35.4 Å². The molecule has 0 N–H and O–H groups in total. The minimum absolute atomic E-state index is 0. The SMILES string of the molecule is C1C[Si]2=[Zr]=[Si]1CC2.CC1=[C-]C(C)C=C1C.Cc1cc2c(C(C)C)cc(C(C)C)cc2[cH-]1.[Cl-].[Cl-].